The van der Waals surface area contributed by atoms with Crippen molar-refractivity contribution in [1.82, 2.24) is 14.6 Å². The molecule has 12 nitrogen and oxygen atoms in total. The molecule has 1 N–H and O–H groups in total. The number of benzene rings is 1. The number of nitrogens with one attached hydrogen (secondary N) is 1. The van der Waals surface area contributed by atoms with Crippen LogP contribution in [0, 0.1) is 29.1 Å². The number of Topliss-reactive ketones (excluding diaryl/α,β-unsaturated/α-hetero) is 1. The van der Waals surface area contributed by atoms with Gasteiger partial charge in [0.05, 0.1) is 47.9 Å². The zero-order chi connectivity index (χ0) is 42.4. The highest BCUT2D eigenvalue weighted by atomic mass is 32.2. The van der Waals surface area contributed by atoms with Gasteiger partial charge in [-0.3, -0.25) is 23.9 Å². The number of hydrogen-bond acceptors (Lipinski definition) is 10. The van der Waals surface area contributed by atoms with E-state index in [1.165, 1.54) is 4.90 Å². The Kier molecular flexibility index (Phi) is 12.1. The van der Waals surface area contributed by atoms with E-state index in [-0.39, 0.29) is 37.6 Å². The fourth-order valence-corrected chi connectivity index (χ4v) is 9.68. The molecule has 6 rings (SSSR count). The molecule has 1 aromatic carbocycles. The molecular formula is C43H57F2N3O9S. The Morgan fingerprint density at radius 2 is 1.76 bits per heavy atom. The van der Waals surface area contributed by atoms with Crippen molar-refractivity contribution in [1.29, 1.82) is 0 Å². The summed E-state index contributed by atoms with van der Waals surface area (Å²) in [5, 5.41) is 1.41. The molecule has 4 aliphatic rings. The lowest BCUT2D eigenvalue weighted by Crippen LogP contribution is -2.49. The van der Waals surface area contributed by atoms with Gasteiger partial charge >= 0.3 is 5.97 Å². The summed E-state index contributed by atoms with van der Waals surface area (Å²) in [6.07, 6.45) is 6.82. The Morgan fingerprint density at radius 1 is 1.07 bits per heavy atom. The van der Waals surface area contributed by atoms with Crippen LogP contribution in [0.4, 0.5) is 8.78 Å². The first-order valence-corrected chi connectivity index (χ1v) is 21.9. The molecule has 2 aliphatic heterocycles. The van der Waals surface area contributed by atoms with Crippen molar-refractivity contribution in [3.05, 3.63) is 42.6 Å². The molecule has 15 heteroatoms. The van der Waals surface area contributed by atoms with Crippen LogP contribution in [0.25, 0.3) is 10.8 Å². The van der Waals surface area contributed by atoms with Crippen molar-refractivity contribution in [3.8, 4) is 11.6 Å². The monoisotopic (exact) mass is 829 g/mol. The fraction of sp³-hybridized carbons (Fsp3) is 0.651. The van der Waals surface area contributed by atoms with Crippen LogP contribution in [-0.2, 0) is 33.9 Å². The number of carbonyl (C=O) groups excluding carboxylic acids is 4. The average molecular weight is 830 g/mol. The number of nitrogens with zero attached hydrogens (tertiary/aromatic N) is 2. The molecule has 0 radical (unpaired) electrons. The molecule has 0 bridgehead atoms. The molecule has 2 saturated carbocycles. The SMILES string of the molecule is CCOc1cnc(O[C@@H]2C[C@H]3C(=O)C[C@]4(C(=O)NS(=O)(=O)C5(C)CC5)C[C@H]4/C=C\CC[C@@H](C)C[C@@H](C)[C@H](CC(=O)OC(C)(C)C(C)(F)F)C(=O)N3C2)c2ccccc12. The molecule has 7 atom stereocenters. The third-order valence-electron chi connectivity index (χ3n) is 12.9. The molecule has 0 unspecified atom stereocenters. The van der Waals surface area contributed by atoms with Crippen LogP contribution >= 0.6 is 0 Å². The minimum absolute atomic E-state index is 0.0272. The summed E-state index contributed by atoms with van der Waals surface area (Å²) in [7, 11) is -4.01. The Hall–Kier alpha value is -4.14. The van der Waals surface area contributed by atoms with Crippen LogP contribution in [0.15, 0.2) is 42.6 Å². The van der Waals surface area contributed by atoms with Crippen molar-refractivity contribution in [3.63, 3.8) is 0 Å². The summed E-state index contributed by atoms with van der Waals surface area (Å²) >= 11 is 0. The topological polar surface area (TPSA) is 158 Å². The molecule has 1 aromatic heterocycles. The molecular weight excluding hydrogens is 773 g/mol. The normalized spacial score (nSPS) is 29.6. The largest absolute Gasteiger partial charge is 0.492 e. The van der Waals surface area contributed by atoms with Gasteiger partial charge < -0.3 is 19.1 Å². The second-order valence-corrected chi connectivity index (χ2v) is 20.1. The number of esters is 1. The highest BCUT2D eigenvalue weighted by molar-refractivity contribution is 7.91. The first kappa shape index (κ1) is 43.4. The Bertz CT molecular complexity index is 2060. The highest BCUT2D eigenvalue weighted by Gasteiger charge is 2.63. The molecule has 2 aromatic rings. The van der Waals surface area contributed by atoms with Crippen molar-refractivity contribution in [2.24, 2.45) is 29.1 Å². The smallest absolute Gasteiger partial charge is 0.307 e. The van der Waals surface area contributed by atoms with E-state index in [0.29, 0.717) is 56.8 Å². The lowest BCUT2D eigenvalue weighted by molar-refractivity contribution is -0.197. The molecule has 1 saturated heterocycles. The van der Waals surface area contributed by atoms with Gasteiger partial charge in [0.2, 0.25) is 27.7 Å². The van der Waals surface area contributed by atoms with Crippen LogP contribution in [0.3, 0.4) is 0 Å². The predicted molar refractivity (Wildman–Crippen MR) is 213 cm³/mol. The van der Waals surface area contributed by atoms with Crippen LogP contribution in [0.5, 0.6) is 11.6 Å². The maximum atomic E-state index is 14.9. The maximum absolute atomic E-state index is 14.9. The van der Waals surface area contributed by atoms with Crippen LogP contribution < -0.4 is 14.2 Å². The number of fused-ring (bicyclic) bond motifs is 3. The number of carbonyl (C=O) groups is 4. The summed E-state index contributed by atoms with van der Waals surface area (Å²) in [6.45, 7) is 10.6. The highest BCUT2D eigenvalue weighted by Crippen LogP contribution is 2.58. The average Bonchev–Trinajstić information content (AvgIpc) is 4.02. The summed E-state index contributed by atoms with van der Waals surface area (Å²) in [5.74, 6) is -6.99. The molecule has 318 valence electrons. The van der Waals surface area contributed by atoms with E-state index in [9.17, 15) is 36.4 Å². The first-order valence-electron chi connectivity index (χ1n) is 20.4. The number of ketones is 1. The minimum atomic E-state index is -4.01. The van der Waals surface area contributed by atoms with Gasteiger partial charge in [0.25, 0.3) is 5.92 Å². The van der Waals surface area contributed by atoms with E-state index in [0.717, 1.165) is 19.2 Å². The zero-order valence-electron chi connectivity index (χ0n) is 34.5. The summed E-state index contributed by atoms with van der Waals surface area (Å²) in [5.41, 5.74) is -3.49. The van der Waals surface area contributed by atoms with E-state index in [2.05, 4.69) is 9.71 Å². The van der Waals surface area contributed by atoms with Gasteiger partial charge in [0.1, 0.15) is 11.9 Å². The third kappa shape index (κ3) is 8.89. The zero-order valence-corrected chi connectivity index (χ0v) is 35.3. The minimum Gasteiger partial charge on any atom is -0.492 e. The number of halogens is 2. The number of amides is 2. The summed E-state index contributed by atoms with van der Waals surface area (Å²) in [4.78, 5) is 63.0. The first-order chi connectivity index (χ1) is 27.1. The molecule has 3 fully saturated rings. The summed E-state index contributed by atoms with van der Waals surface area (Å²) < 4.78 is 74.2. The van der Waals surface area contributed by atoms with Crippen LogP contribution in [0.2, 0.25) is 0 Å². The van der Waals surface area contributed by atoms with Crippen LogP contribution in [0.1, 0.15) is 106 Å². The number of pyridine rings is 1. The van der Waals surface area contributed by atoms with Crippen molar-refractivity contribution >= 4 is 44.4 Å². The number of hydrogen-bond donors (Lipinski definition) is 1. The second-order valence-electron chi connectivity index (χ2n) is 17.9. The molecule has 2 aliphatic carbocycles. The maximum Gasteiger partial charge on any atom is 0.307 e. The standard InChI is InChI=1S/C43H57F2N3O9S/c1-8-55-35-24-46-37(31-16-12-11-15-30(31)35)56-29-20-33-34(49)23-43(39(52)47-58(53,54)41(6)17-18-41)22-28(43)14-10-9-13-26(2)19-27(3)32(38(51)48(33)25-29)21-36(50)57-40(4,5)42(7,44)45/h10-12,14-16,24,26-29,32-33H,8-9,13,17-23,25H2,1-7H3,(H,47,52)/b14-10-/t26-,27-,28-,29-,32+,33+,43-/m1/s1. The molecule has 58 heavy (non-hydrogen) atoms. The van der Waals surface area contributed by atoms with Crippen LogP contribution in [-0.4, -0.2) is 83.4 Å². The Balaban J connectivity index is 1.36. The van der Waals surface area contributed by atoms with Gasteiger partial charge in [0, 0.05) is 30.5 Å². The number of sulfonamides is 1. The second kappa shape index (κ2) is 16.1. The number of ether oxygens (including phenoxy) is 3. The lowest BCUT2D eigenvalue weighted by Gasteiger charge is -2.34. The van der Waals surface area contributed by atoms with E-state index in [4.69, 9.17) is 14.2 Å². The third-order valence-corrected chi connectivity index (χ3v) is 15.1. The van der Waals surface area contributed by atoms with Gasteiger partial charge in [-0.2, -0.15) is 0 Å². The number of aromatic nitrogens is 1. The van der Waals surface area contributed by atoms with Gasteiger partial charge in [-0.15, -0.1) is 0 Å². The van der Waals surface area contributed by atoms with E-state index in [1.807, 2.05) is 57.2 Å². The van der Waals surface area contributed by atoms with E-state index >= 15 is 0 Å². The van der Waals surface area contributed by atoms with Gasteiger partial charge in [-0.25, -0.2) is 22.2 Å². The Labute approximate surface area is 339 Å². The Morgan fingerprint density at radius 3 is 2.41 bits per heavy atom. The van der Waals surface area contributed by atoms with Gasteiger partial charge in [-0.1, -0.05) is 44.2 Å². The molecule has 2 amide bonds. The predicted octanol–water partition coefficient (Wildman–Crippen LogP) is 6.94. The van der Waals surface area contributed by atoms with E-state index in [1.54, 1.807) is 13.1 Å². The number of allylic oxidation sites excluding steroid dienone is 2. The lowest BCUT2D eigenvalue weighted by atomic mass is 9.82. The summed E-state index contributed by atoms with van der Waals surface area (Å²) in [6, 6.07) is 6.28. The van der Waals surface area contributed by atoms with E-state index < -0.39 is 91.6 Å². The van der Waals surface area contributed by atoms with Crippen molar-refractivity contribution in [2.45, 2.75) is 135 Å². The van der Waals surface area contributed by atoms with Crippen molar-refractivity contribution in [2.75, 3.05) is 13.2 Å². The number of rotatable bonds is 11. The quantitative estimate of drug-likeness (QED) is 0.186. The van der Waals surface area contributed by atoms with Gasteiger partial charge in [0.15, 0.2) is 11.4 Å². The molecule has 0 spiro atoms. The van der Waals surface area contributed by atoms with Crippen molar-refractivity contribution < 1.29 is 50.6 Å². The van der Waals surface area contributed by atoms with Gasteiger partial charge in [-0.05, 0) is 90.0 Å². The fourth-order valence-electron chi connectivity index (χ4n) is 8.34. The number of alkyl halides is 2. The molecule has 3 heterocycles.